The van der Waals surface area contributed by atoms with Crippen molar-refractivity contribution < 1.29 is 9.47 Å². The smallest absolute Gasteiger partial charge is 0.253 e. The molecular formula is C23H16N4O2. The third-order valence-electron chi connectivity index (χ3n) is 5.11. The monoisotopic (exact) mass is 380 g/mol. The highest BCUT2D eigenvalue weighted by molar-refractivity contribution is 5.96. The summed E-state index contributed by atoms with van der Waals surface area (Å²) < 4.78 is 13.1. The van der Waals surface area contributed by atoms with Crippen LogP contribution in [0.25, 0.3) is 39.2 Å². The molecule has 0 bridgehead atoms. The maximum Gasteiger partial charge on any atom is 0.253 e. The Kier molecular flexibility index (Phi) is 3.49. The van der Waals surface area contributed by atoms with Gasteiger partial charge in [0, 0.05) is 17.3 Å². The van der Waals surface area contributed by atoms with E-state index in [0.29, 0.717) is 24.8 Å². The van der Waals surface area contributed by atoms with E-state index >= 15 is 0 Å². The molecule has 0 atom stereocenters. The van der Waals surface area contributed by atoms with Gasteiger partial charge >= 0.3 is 0 Å². The van der Waals surface area contributed by atoms with Gasteiger partial charge in [0.25, 0.3) is 5.78 Å². The van der Waals surface area contributed by atoms with Gasteiger partial charge in [0.05, 0.1) is 5.69 Å². The lowest BCUT2D eigenvalue weighted by Gasteiger charge is -2.18. The SMILES string of the molecule is c1ccc2c(-c3ccnc4nc(-c5ccc6c(c5)OCCO6)nn34)cccc2c1. The molecule has 3 aromatic carbocycles. The number of nitrogens with zero attached hydrogens (tertiary/aromatic N) is 4. The average Bonchev–Trinajstić information content (AvgIpc) is 3.23. The molecule has 6 nitrogen and oxygen atoms in total. The van der Waals surface area contributed by atoms with E-state index in [-0.39, 0.29) is 0 Å². The molecule has 0 spiro atoms. The van der Waals surface area contributed by atoms with Crippen LogP contribution >= 0.6 is 0 Å². The molecule has 0 unspecified atom stereocenters. The highest BCUT2D eigenvalue weighted by atomic mass is 16.6. The number of hydrogen-bond acceptors (Lipinski definition) is 5. The Morgan fingerprint density at radius 3 is 2.66 bits per heavy atom. The number of fused-ring (bicyclic) bond motifs is 3. The van der Waals surface area contributed by atoms with E-state index in [1.54, 1.807) is 10.7 Å². The summed E-state index contributed by atoms with van der Waals surface area (Å²) >= 11 is 0. The minimum absolute atomic E-state index is 0.543. The molecule has 1 aliphatic heterocycles. The van der Waals surface area contributed by atoms with Gasteiger partial charge in [-0.15, -0.1) is 5.10 Å². The molecule has 0 aliphatic carbocycles. The van der Waals surface area contributed by atoms with Gasteiger partial charge in [-0.05, 0) is 35.0 Å². The van der Waals surface area contributed by atoms with Crippen LogP contribution < -0.4 is 9.47 Å². The Balaban J connectivity index is 1.53. The highest BCUT2D eigenvalue weighted by Gasteiger charge is 2.16. The predicted molar refractivity (Wildman–Crippen MR) is 110 cm³/mol. The summed E-state index contributed by atoms with van der Waals surface area (Å²) in [5, 5.41) is 7.11. The maximum atomic E-state index is 5.70. The van der Waals surface area contributed by atoms with E-state index in [1.165, 1.54) is 10.8 Å². The van der Waals surface area contributed by atoms with Crippen LogP contribution in [0.5, 0.6) is 11.5 Å². The number of benzene rings is 3. The van der Waals surface area contributed by atoms with Crippen molar-refractivity contribution in [3.63, 3.8) is 0 Å². The van der Waals surface area contributed by atoms with Crippen LogP contribution in [0.3, 0.4) is 0 Å². The van der Waals surface area contributed by atoms with Gasteiger partial charge in [0.1, 0.15) is 13.2 Å². The highest BCUT2D eigenvalue weighted by Crippen LogP contribution is 2.34. The van der Waals surface area contributed by atoms with Crippen molar-refractivity contribution in [3.05, 3.63) is 72.9 Å². The van der Waals surface area contributed by atoms with Crippen LogP contribution in [0.15, 0.2) is 72.9 Å². The third-order valence-corrected chi connectivity index (χ3v) is 5.11. The second-order valence-electron chi connectivity index (χ2n) is 6.86. The molecule has 6 rings (SSSR count). The summed E-state index contributed by atoms with van der Waals surface area (Å²) in [6, 6.07) is 22.3. The van der Waals surface area contributed by atoms with Crippen molar-refractivity contribution in [1.29, 1.82) is 0 Å². The fourth-order valence-electron chi connectivity index (χ4n) is 3.75. The van der Waals surface area contributed by atoms with Crippen molar-refractivity contribution in [3.8, 4) is 34.1 Å². The van der Waals surface area contributed by atoms with Crippen molar-refractivity contribution in [2.24, 2.45) is 0 Å². The van der Waals surface area contributed by atoms with Crippen molar-refractivity contribution in [1.82, 2.24) is 19.6 Å². The minimum Gasteiger partial charge on any atom is -0.486 e. The molecule has 29 heavy (non-hydrogen) atoms. The molecule has 0 radical (unpaired) electrons. The number of hydrogen-bond donors (Lipinski definition) is 0. The first-order valence-electron chi connectivity index (χ1n) is 9.47. The van der Waals surface area contributed by atoms with Gasteiger partial charge in [-0.2, -0.15) is 9.50 Å². The molecule has 2 aromatic heterocycles. The first-order chi connectivity index (χ1) is 14.4. The number of rotatable bonds is 2. The largest absolute Gasteiger partial charge is 0.486 e. The van der Waals surface area contributed by atoms with Crippen LogP contribution in [0, 0.1) is 0 Å². The number of ether oxygens (including phenoxy) is 2. The topological polar surface area (TPSA) is 61.5 Å². The second-order valence-corrected chi connectivity index (χ2v) is 6.86. The van der Waals surface area contributed by atoms with Crippen LogP contribution in [0.1, 0.15) is 0 Å². The normalized spacial score (nSPS) is 13.1. The molecule has 6 heteroatoms. The zero-order chi connectivity index (χ0) is 19.2. The first-order valence-corrected chi connectivity index (χ1v) is 9.47. The molecule has 0 fully saturated rings. The van der Waals surface area contributed by atoms with Gasteiger partial charge in [-0.1, -0.05) is 42.5 Å². The predicted octanol–water partition coefficient (Wildman–Crippen LogP) is 4.38. The van der Waals surface area contributed by atoms with Crippen molar-refractivity contribution in [2.45, 2.75) is 0 Å². The van der Waals surface area contributed by atoms with E-state index in [4.69, 9.17) is 14.6 Å². The van der Waals surface area contributed by atoms with E-state index in [1.807, 2.05) is 36.4 Å². The first kappa shape index (κ1) is 16.1. The molecule has 1 aliphatic rings. The molecule has 0 N–H and O–H groups in total. The quantitative estimate of drug-likeness (QED) is 0.455. The lowest BCUT2D eigenvalue weighted by atomic mass is 10.0. The lowest BCUT2D eigenvalue weighted by molar-refractivity contribution is 0.171. The zero-order valence-electron chi connectivity index (χ0n) is 15.4. The summed E-state index contributed by atoms with van der Waals surface area (Å²) in [6.07, 6.45) is 1.77. The molecule has 5 aromatic rings. The fraction of sp³-hybridized carbons (Fsp3) is 0.0870. The van der Waals surface area contributed by atoms with Gasteiger partial charge in [-0.3, -0.25) is 0 Å². The maximum absolute atomic E-state index is 5.70. The van der Waals surface area contributed by atoms with Gasteiger partial charge in [0.15, 0.2) is 17.3 Å². The second kappa shape index (κ2) is 6.31. The van der Waals surface area contributed by atoms with Crippen LogP contribution in [-0.2, 0) is 0 Å². The zero-order valence-corrected chi connectivity index (χ0v) is 15.4. The Labute approximate surface area is 166 Å². The lowest BCUT2D eigenvalue weighted by Crippen LogP contribution is -2.15. The summed E-state index contributed by atoms with van der Waals surface area (Å²) in [7, 11) is 0. The van der Waals surface area contributed by atoms with Crippen LogP contribution in [0.4, 0.5) is 0 Å². The van der Waals surface area contributed by atoms with Gasteiger partial charge in [-0.25, -0.2) is 4.98 Å². The van der Waals surface area contributed by atoms with Gasteiger partial charge in [0.2, 0.25) is 0 Å². The van der Waals surface area contributed by atoms with Crippen LogP contribution in [-0.4, -0.2) is 32.8 Å². The van der Waals surface area contributed by atoms with E-state index < -0.39 is 0 Å². The summed E-state index contributed by atoms with van der Waals surface area (Å²) in [4.78, 5) is 9.06. The van der Waals surface area contributed by atoms with Crippen LogP contribution in [0.2, 0.25) is 0 Å². The Bertz CT molecular complexity index is 1370. The summed E-state index contributed by atoms with van der Waals surface area (Å²) in [5.74, 6) is 2.62. The number of aromatic nitrogens is 4. The van der Waals surface area contributed by atoms with E-state index in [0.717, 1.165) is 28.3 Å². The molecular weight excluding hydrogens is 364 g/mol. The third kappa shape index (κ3) is 2.61. The molecule has 3 heterocycles. The fourth-order valence-corrected chi connectivity index (χ4v) is 3.75. The Morgan fingerprint density at radius 2 is 1.69 bits per heavy atom. The molecule has 0 saturated carbocycles. The molecule has 0 amide bonds. The Morgan fingerprint density at radius 1 is 0.828 bits per heavy atom. The van der Waals surface area contributed by atoms with E-state index in [2.05, 4.69) is 40.3 Å². The Hall–Kier alpha value is -3.93. The molecule has 0 saturated heterocycles. The van der Waals surface area contributed by atoms with Gasteiger partial charge < -0.3 is 9.47 Å². The van der Waals surface area contributed by atoms with Crippen molar-refractivity contribution in [2.75, 3.05) is 13.2 Å². The van der Waals surface area contributed by atoms with E-state index in [9.17, 15) is 0 Å². The standard InChI is InChI=1S/C23H16N4O2/c1-2-6-17-15(4-1)5-3-7-18(17)19-10-11-24-23-25-22(26-27(19)23)16-8-9-20-21(14-16)29-13-12-28-20/h1-11,14H,12-13H2. The van der Waals surface area contributed by atoms with Crippen molar-refractivity contribution >= 4 is 16.6 Å². The average molecular weight is 380 g/mol. The summed E-state index contributed by atoms with van der Waals surface area (Å²) in [5.41, 5.74) is 2.90. The minimum atomic E-state index is 0.543. The summed E-state index contributed by atoms with van der Waals surface area (Å²) in [6.45, 7) is 1.11. The molecule has 140 valence electrons.